The quantitative estimate of drug-likeness (QED) is 0.842. The number of alkyl halides is 3. The maximum atomic E-state index is 12.8. The minimum Gasteiger partial charge on any atom is -0.319 e. The van der Waals surface area contributed by atoms with Crippen molar-refractivity contribution in [3.63, 3.8) is 0 Å². The van der Waals surface area contributed by atoms with Gasteiger partial charge >= 0.3 is 6.18 Å². The zero-order valence-electron chi connectivity index (χ0n) is 10.3. The molecule has 1 unspecified atom stereocenters. The highest BCUT2D eigenvalue weighted by Gasteiger charge is 2.38. The molecule has 1 atom stereocenters. The Balaban J connectivity index is 3.22. The zero-order valence-corrected chi connectivity index (χ0v) is 10.3. The molecule has 0 aliphatic carbocycles. The molecular weight excluding hydrogens is 243 g/mol. The predicted octanol–water partition coefficient (Wildman–Crippen LogP) is 3.41. The van der Waals surface area contributed by atoms with Gasteiger partial charge in [0.15, 0.2) is 5.78 Å². The lowest BCUT2D eigenvalue weighted by Gasteiger charge is -2.24. The van der Waals surface area contributed by atoms with E-state index in [1.54, 1.807) is 0 Å². The average molecular weight is 259 g/mol. The van der Waals surface area contributed by atoms with Crippen LogP contribution in [0.25, 0.3) is 0 Å². The lowest BCUT2D eigenvalue weighted by atomic mass is 9.86. The van der Waals surface area contributed by atoms with Gasteiger partial charge < -0.3 is 5.73 Å². The molecule has 1 rings (SSSR count). The fourth-order valence-corrected chi connectivity index (χ4v) is 1.87. The summed E-state index contributed by atoms with van der Waals surface area (Å²) in [5.41, 5.74) is 3.24. The summed E-state index contributed by atoms with van der Waals surface area (Å²) in [4.78, 5) is 12.1. The molecule has 0 heterocycles. The summed E-state index contributed by atoms with van der Waals surface area (Å²) in [5.74, 6) is -0.669. The van der Waals surface area contributed by atoms with Crippen molar-refractivity contribution < 1.29 is 18.0 Å². The zero-order chi connectivity index (χ0) is 14.0. The first kappa shape index (κ1) is 14.7. The van der Waals surface area contributed by atoms with E-state index in [-0.39, 0.29) is 5.56 Å². The van der Waals surface area contributed by atoms with Gasteiger partial charge in [0.2, 0.25) is 0 Å². The molecule has 2 nitrogen and oxygen atoms in total. The fourth-order valence-electron chi connectivity index (χ4n) is 1.87. The van der Waals surface area contributed by atoms with Gasteiger partial charge in [-0.15, -0.1) is 0 Å². The van der Waals surface area contributed by atoms with E-state index in [9.17, 15) is 18.0 Å². The van der Waals surface area contributed by atoms with E-state index in [2.05, 4.69) is 0 Å². The molecule has 2 N–H and O–H groups in total. The van der Waals surface area contributed by atoms with Crippen LogP contribution in [0.4, 0.5) is 13.2 Å². The van der Waals surface area contributed by atoms with E-state index in [1.165, 1.54) is 25.1 Å². The second-order valence-corrected chi connectivity index (χ2v) is 4.54. The van der Waals surface area contributed by atoms with Crippen LogP contribution in [-0.4, -0.2) is 11.3 Å². The molecule has 1 aromatic carbocycles. The van der Waals surface area contributed by atoms with Crippen LogP contribution in [0.5, 0.6) is 0 Å². The molecule has 5 heteroatoms. The Morgan fingerprint density at radius 2 is 1.83 bits per heavy atom. The Morgan fingerprint density at radius 3 is 2.33 bits per heavy atom. The Labute approximate surface area is 104 Å². The van der Waals surface area contributed by atoms with Crippen molar-refractivity contribution in [2.24, 2.45) is 5.73 Å². The number of hydrogen-bond donors (Lipinski definition) is 1. The monoisotopic (exact) mass is 259 g/mol. The minimum atomic E-state index is -4.55. The van der Waals surface area contributed by atoms with E-state index >= 15 is 0 Å². The number of halogens is 3. The summed E-state index contributed by atoms with van der Waals surface area (Å²) in [7, 11) is 0. The molecule has 0 radical (unpaired) electrons. The second kappa shape index (κ2) is 5.10. The average Bonchev–Trinajstić information content (AvgIpc) is 2.27. The van der Waals surface area contributed by atoms with E-state index in [0.717, 1.165) is 6.07 Å². The van der Waals surface area contributed by atoms with Gasteiger partial charge in [-0.25, -0.2) is 0 Å². The first-order chi connectivity index (χ1) is 8.20. The van der Waals surface area contributed by atoms with E-state index in [0.29, 0.717) is 12.8 Å². The van der Waals surface area contributed by atoms with Crippen molar-refractivity contribution in [2.45, 2.75) is 38.4 Å². The van der Waals surface area contributed by atoms with Gasteiger partial charge in [-0.2, -0.15) is 13.2 Å². The summed E-state index contributed by atoms with van der Waals surface area (Å²) < 4.78 is 38.4. The number of rotatable bonds is 4. The number of carbonyl (C=O) groups is 1. The molecule has 1 aromatic rings. The van der Waals surface area contributed by atoms with E-state index in [1.807, 2.05) is 6.92 Å². The highest BCUT2D eigenvalue weighted by molar-refractivity contribution is 6.04. The molecule has 0 amide bonds. The standard InChI is InChI=1S/C13H16F3NO/c1-3-8-12(2,17)11(18)9-6-4-5-7-10(9)13(14,15)16/h4-7H,3,8,17H2,1-2H3. The van der Waals surface area contributed by atoms with Crippen LogP contribution in [0.15, 0.2) is 24.3 Å². The summed E-state index contributed by atoms with van der Waals surface area (Å²) in [6.45, 7) is 3.29. The summed E-state index contributed by atoms with van der Waals surface area (Å²) in [5, 5.41) is 0. The van der Waals surface area contributed by atoms with E-state index in [4.69, 9.17) is 5.73 Å². The molecule has 0 aliphatic heterocycles. The molecule has 18 heavy (non-hydrogen) atoms. The number of carbonyl (C=O) groups excluding carboxylic acids is 1. The third kappa shape index (κ3) is 3.10. The predicted molar refractivity (Wildman–Crippen MR) is 63.3 cm³/mol. The molecule has 0 aliphatic rings. The molecule has 0 saturated carbocycles. The number of nitrogens with two attached hydrogens (primary N) is 1. The molecule has 0 bridgehead atoms. The van der Waals surface area contributed by atoms with Crippen LogP contribution in [0.1, 0.15) is 42.6 Å². The molecule has 100 valence electrons. The van der Waals surface area contributed by atoms with Gasteiger partial charge in [0, 0.05) is 5.56 Å². The van der Waals surface area contributed by atoms with Crippen molar-refractivity contribution in [3.05, 3.63) is 35.4 Å². The van der Waals surface area contributed by atoms with Crippen molar-refractivity contribution >= 4 is 5.78 Å². The van der Waals surface area contributed by atoms with Crippen LogP contribution in [0.2, 0.25) is 0 Å². The second-order valence-electron chi connectivity index (χ2n) is 4.54. The number of ketones is 1. The smallest absolute Gasteiger partial charge is 0.319 e. The topological polar surface area (TPSA) is 43.1 Å². The lowest BCUT2D eigenvalue weighted by Crippen LogP contribution is -2.45. The van der Waals surface area contributed by atoms with Gasteiger partial charge in [-0.3, -0.25) is 4.79 Å². The molecular formula is C13H16F3NO. The summed E-state index contributed by atoms with van der Waals surface area (Å²) in [6.07, 6.45) is -3.57. The van der Waals surface area contributed by atoms with Gasteiger partial charge in [-0.1, -0.05) is 31.5 Å². The van der Waals surface area contributed by atoms with Crippen molar-refractivity contribution in [2.75, 3.05) is 0 Å². The first-order valence-corrected chi connectivity index (χ1v) is 5.70. The minimum absolute atomic E-state index is 0.345. The van der Waals surface area contributed by atoms with Crippen LogP contribution in [0.3, 0.4) is 0 Å². The van der Waals surface area contributed by atoms with E-state index < -0.39 is 23.1 Å². The lowest BCUT2D eigenvalue weighted by molar-refractivity contribution is -0.137. The Hall–Kier alpha value is -1.36. The Morgan fingerprint density at radius 1 is 1.28 bits per heavy atom. The van der Waals surface area contributed by atoms with Gasteiger partial charge in [-0.05, 0) is 19.4 Å². The maximum Gasteiger partial charge on any atom is 0.417 e. The molecule has 0 aromatic heterocycles. The molecule has 0 fully saturated rings. The Bertz CT molecular complexity index is 438. The highest BCUT2D eigenvalue weighted by atomic mass is 19.4. The van der Waals surface area contributed by atoms with Gasteiger partial charge in [0.05, 0.1) is 11.1 Å². The fraction of sp³-hybridized carbons (Fsp3) is 0.462. The van der Waals surface area contributed by atoms with Crippen molar-refractivity contribution in [3.8, 4) is 0 Å². The third-order valence-corrected chi connectivity index (χ3v) is 2.77. The number of benzene rings is 1. The Kier molecular flexibility index (Phi) is 4.16. The molecule has 0 spiro atoms. The van der Waals surface area contributed by atoms with Crippen LogP contribution >= 0.6 is 0 Å². The number of hydrogen-bond acceptors (Lipinski definition) is 2. The van der Waals surface area contributed by atoms with Gasteiger partial charge in [0.25, 0.3) is 0 Å². The number of Topliss-reactive ketones (excluding diaryl/α,β-unsaturated/α-hetero) is 1. The largest absolute Gasteiger partial charge is 0.417 e. The van der Waals surface area contributed by atoms with Crippen molar-refractivity contribution in [1.29, 1.82) is 0 Å². The normalized spacial score (nSPS) is 15.2. The molecule has 0 saturated heterocycles. The summed E-state index contributed by atoms with van der Waals surface area (Å²) in [6, 6.07) is 4.74. The van der Waals surface area contributed by atoms with Crippen LogP contribution in [-0.2, 0) is 6.18 Å². The summed E-state index contributed by atoms with van der Waals surface area (Å²) >= 11 is 0. The third-order valence-electron chi connectivity index (χ3n) is 2.77. The van der Waals surface area contributed by atoms with Gasteiger partial charge in [0.1, 0.15) is 0 Å². The maximum absolute atomic E-state index is 12.8. The van der Waals surface area contributed by atoms with Crippen LogP contribution < -0.4 is 5.73 Å². The SMILES string of the molecule is CCCC(C)(N)C(=O)c1ccccc1C(F)(F)F. The first-order valence-electron chi connectivity index (χ1n) is 5.70. The van der Waals surface area contributed by atoms with Crippen LogP contribution in [0, 0.1) is 0 Å². The van der Waals surface area contributed by atoms with Crippen molar-refractivity contribution in [1.82, 2.24) is 0 Å². The highest BCUT2D eigenvalue weighted by Crippen LogP contribution is 2.33.